The first-order valence-electron chi connectivity index (χ1n) is 4.74. The normalized spacial score (nSPS) is 10.5. The van der Waals surface area contributed by atoms with E-state index in [9.17, 15) is 9.90 Å². The van der Waals surface area contributed by atoms with Crippen molar-refractivity contribution in [3.63, 3.8) is 0 Å². The van der Waals surface area contributed by atoms with E-state index in [4.69, 9.17) is 0 Å². The number of aromatic nitrogens is 3. The molecule has 0 saturated carbocycles. The van der Waals surface area contributed by atoms with Crippen LogP contribution in [0.2, 0.25) is 0 Å². The van der Waals surface area contributed by atoms with Crippen molar-refractivity contribution in [2.75, 3.05) is 0 Å². The molecule has 0 aliphatic carbocycles. The molecule has 17 heavy (non-hydrogen) atoms. The van der Waals surface area contributed by atoms with Crippen molar-refractivity contribution < 1.29 is 9.90 Å². The van der Waals surface area contributed by atoms with Gasteiger partial charge in [0.2, 0.25) is 0 Å². The second-order valence-corrected chi connectivity index (χ2v) is 5.41. The molecular formula is C10H9N3O2S2. The molecule has 0 aliphatic heterocycles. The van der Waals surface area contributed by atoms with Crippen LogP contribution in [0.1, 0.15) is 21.7 Å². The Hall–Kier alpha value is -1.47. The highest BCUT2D eigenvalue weighted by Gasteiger charge is 2.17. The maximum atomic E-state index is 11.2. The summed E-state index contributed by atoms with van der Waals surface area (Å²) in [4.78, 5) is 20.0. The van der Waals surface area contributed by atoms with Crippen LogP contribution in [0.5, 0.6) is 0 Å². The summed E-state index contributed by atoms with van der Waals surface area (Å²) in [5, 5.41) is 9.18. The Bertz CT molecular complexity index is 555. The standard InChI is InChI=1S/C10H9N3O2S2/c1-5-3-7(16-10-11-4-12-17-10)8(9(14)15)6(2)13-5/h3-4H,1-2H3,(H,14,15). The third-order valence-electron chi connectivity index (χ3n) is 2.04. The van der Waals surface area contributed by atoms with Gasteiger partial charge in [-0.25, -0.2) is 9.78 Å². The van der Waals surface area contributed by atoms with Gasteiger partial charge in [0.15, 0.2) is 4.34 Å². The van der Waals surface area contributed by atoms with E-state index in [-0.39, 0.29) is 5.56 Å². The minimum absolute atomic E-state index is 0.232. The summed E-state index contributed by atoms with van der Waals surface area (Å²) in [7, 11) is 0. The second-order valence-electron chi connectivity index (χ2n) is 3.34. The van der Waals surface area contributed by atoms with E-state index in [0.717, 1.165) is 10.0 Å². The molecule has 2 rings (SSSR count). The van der Waals surface area contributed by atoms with Gasteiger partial charge in [-0.15, -0.1) is 0 Å². The fourth-order valence-corrected chi connectivity index (χ4v) is 3.12. The summed E-state index contributed by atoms with van der Waals surface area (Å²) in [6.45, 7) is 3.53. The fraction of sp³-hybridized carbons (Fsp3) is 0.200. The Kier molecular flexibility index (Phi) is 3.39. The van der Waals surface area contributed by atoms with E-state index in [0.29, 0.717) is 10.6 Å². The minimum atomic E-state index is -0.970. The molecule has 0 unspecified atom stereocenters. The molecule has 0 saturated heterocycles. The number of rotatable bonds is 3. The maximum Gasteiger partial charge on any atom is 0.338 e. The van der Waals surface area contributed by atoms with Crippen LogP contribution in [-0.4, -0.2) is 25.4 Å². The summed E-state index contributed by atoms with van der Waals surface area (Å²) in [5.74, 6) is -0.970. The number of carbonyl (C=O) groups is 1. The van der Waals surface area contributed by atoms with Crippen LogP contribution in [0, 0.1) is 13.8 Å². The molecular weight excluding hydrogens is 258 g/mol. The molecule has 1 N–H and O–H groups in total. The van der Waals surface area contributed by atoms with Gasteiger partial charge in [0.25, 0.3) is 0 Å². The molecule has 5 nitrogen and oxygen atoms in total. The van der Waals surface area contributed by atoms with Gasteiger partial charge in [-0.1, -0.05) is 11.8 Å². The molecule has 0 aliphatic rings. The van der Waals surface area contributed by atoms with Gasteiger partial charge in [-0.2, -0.15) is 4.37 Å². The Morgan fingerprint density at radius 2 is 2.24 bits per heavy atom. The zero-order chi connectivity index (χ0) is 12.4. The lowest BCUT2D eigenvalue weighted by atomic mass is 10.2. The fourth-order valence-electron chi connectivity index (χ4n) is 1.44. The molecule has 0 bridgehead atoms. The largest absolute Gasteiger partial charge is 0.478 e. The smallest absolute Gasteiger partial charge is 0.338 e. The minimum Gasteiger partial charge on any atom is -0.478 e. The molecule has 2 aromatic heterocycles. The first-order chi connectivity index (χ1) is 8.08. The number of carboxylic acids is 1. The summed E-state index contributed by atoms with van der Waals surface area (Å²) in [5.41, 5.74) is 1.54. The van der Waals surface area contributed by atoms with E-state index >= 15 is 0 Å². The molecule has 0 spiro atoms. The van der Waals surface area contributed by atoms with Gasteiger partial charge in [0.05, 0.1) is 11.3 Å². The lowest BCUT2D eigenvalue weighted by molar-refractivity contribution is 0.0691. The molecule has 2 aromatic rings. The van der Waals surface area contributed by atoms with Crippen LogP contribution in [0.3, 0.4) is 0 Å². The highest BCUT2D eigenvalue weighted by atomic mass is 32.2. The number of carboxylic acid groups (broad SMARTS) is 1. The van der Waals surface area contributed by atoms with Crippen LogP contribution in [0.25, 0.3) is 0 Å². The highest BCUT2D eigenvalue weighted by molar-refractivity contribution is 8.01. The van der Waals surface area contributed by atoms with E-state index in [2.05, 4.69) is 14.3 Å². The van der Waals surface area contributed by atoms with Crippen LogP contribution >= 0.6 is 23.3 Å². The van der Waals surface area contributed by atoms with Crippen molar-refractivity contribution in [1.82, 2.24) is 14.3 Å². The van der Waals surface area contributed by atoms with Crippen LogP contribution < -0.4 is 0 Å². The number of hydrogen-bond donors (Lipinski definition) is 1. The molecule has 2 heterocycles. The van der Waals surface area contributed by atoms with E-state index in [1.54, 1.807) is 13.0 Å². The number of aromatic carboxylic acids is 1. The first-order valence-corrected chi connectivity index (χ1v) is 6.33. The molecule has 0 fully saturated rings. The summed E-state index contributed by atoms with van der Waals surface area (Å²) in [6.07, 6.45) is 1.45. The zero-order valence-corrected chi connectivity index (χ0v) is 10.8. The van der Waals surface area contributed by atoms with Gasteiger partial charge in [0.1, 0.15) is 6.33 Å². The van der Waals surface area contributed by atoms with Crippen molar-refractivity contribution in [2.45, 2.75) is 23.1 Å². The zero-order valence-electron chi connectivity index (χ0n) is 9.17. The van der Waals surface area contributed by atoms with Crippen LogP contribution in [0.15, 0.2) is 21.6 Å². The highest BCUT2D eigenvalue weighted by Crippen LogP contribution is 2.32. The molecule has 0 amide bonds. The molecule has 0 aromatic carbocycles. The van der Waals surface area contributed by atoms with Gasteiger partial charge in [0, 0.05) is 10.6 Å². The molecule has 7 heteroatoms. The Balaban J connectivity index is 2.47. The van der Waals surface area contributed by atoms with Crippen LogP contribution in [-0.2, 0) is 0 Å². The number of hydrogen-bond acceptors (Lipinski definition) is 6. The third-order valence-corrected chi connectivity index (χ3v) is 3.80. The van der Waals surface area contributed by atoms with Crippen molar-refractivity contribution in [2.24, 2.45) is 0 Å². The third kappa shape index (κ3) is 2.62. The summed E-state index contributed by atoms with van der Waals surface area (Å²) in [6, 6.07) is 1.75. The quantitative estimate of drug-likeness (QED) is 0.920. The van der Waals surface area contributed by atoms with E-state index in [1.807, 2.05) is 6.92 Å². The topological polar surface area (TPSA) is 76.0 Å². The van der Waals surface area contributed by atoms with Gasteiger partial charge in [-0.05, 0) is 31.4 Å². The van der Waals surface area contributed by atoms with Gasteiger partial charge < -0.3 is 5.11 Å². The Morgan fingerprint density at radius 1 is 1.47 bits per heavy atom. The average molecular weight is 267 g/mol. The Labute approximate surface area is 106 Å². The predicted octanol–water partition coefficient (Wildman–Crippen LogP) is 2.40. The lowest BCUT2D eigenvalue weighted by Crippen LogP contribution is -2.05. The average Bonchev–Trinajstić information content (AvgIpc) is 2.68. The molecule has 0 atom stereocenters. The summed E-state index contributed by atoms with van der Waals surface area (Å²) >= 11 is 2.54. The van der Waals surface area contributed by atoms with Gasteiger partial charge in [-0.3, -0.25) is 4.98 Å². The van der Waals surface area contributed by atoms with E-state index < -0.39 is 5.97 Å². The SMILES string of the molecule is Cc1cc(Sc2ncns2)c(C(=O)O)c(C)n1. The van der Waals surface area contributed by atoms with Gasteiger partial charge >= 0.3 is 5.97 Å². The molecule has 88 valence electrons. The Morgan fingerprint density at radius 3 is 2.82 bits per heavy atom. The predicted molar refractivity (Wildman–Crippen MR) is 64.7 cm³/mol. The maximum absolute atomic E-state index is 11.2. The molecule has 0 radical (unpaired) electrons. The number of nitrogens with zero attached hydrogens (tertiary/aromatic N) is 3. The lowest BCUT2D eigenvalue weighted by Gasteiger charge is -2.07. The van der Waals surface area contributed by atoms with Crippen molar-refractivity contribution in [3.8, 4) is 0 Å². The number of pyridine rings is 1. The second kappa shape index (κ2) is 4.80. The first kappa shape index (κ1) is 12.0. The number of aryl methyl sites for hydroxylation is 2. The van der Waals surface area contributed by atoms with Crippen molar-refractivity contribution >= 4 is 29.3 Å². The van der Waals surface area contributed by atoms with Crippen molar-refractivity contribution in [1.29, 1.82) is 0 Å². The van der Waals surface area contributed by atoms with Crippen molar-refractivity contribution in [3.05, 3.63) is 29.3 Å². The van der Waals surface area contributed by atoms with E-state index in [1.165, 1.54) is 29.6 Å². The van der Waals surface area contributed by atoms with Crippen LogP contribution in [0.4, 0.5) is 0 Å². The monoisotopic (exact) mass is 267 g/mol. The summed E-state index contributed by atoms with van der Waals surface area (Å²) < 4.78 is 4.60.